The Balaban J connectivity index is 1.32. The molecule has 158 valence electrons. The van der Waals surface area contributed by atoms with Crippen molar-refractivity contribution in [2.24, 2.45) is 5.92 Å². The first-order valence-corrected chi connectivity index (χ1v) is 10.4. The maximum atomic E-state index is 14.2. The van der Waals surface area contributed by atoms with E-state index in [9.17, 15) is 18.0 Å². The second-order valence-corrected chi connectivity index (χ2v) is 8.48. The number of hydrogen-bond acceptors (Lipinski definition) is 3. The zero-order valence-corrected chi connectivity index (χ0v) is 16.5. The molecular weight excluding hydrogens is 393 g/mol. The molecule has 0 radical (unpaired) electrons. The number of alkyl carbamates (subject to hydrolysis) is 1. The summed E-state index contributed by atoms with van der Waals surface area (Å²) in [6, 6.07) is 6.47. The molecule has 7 heteroatoms. The van der Waals surface area contributed by atoms with Crippen LogP contribution in [0.1, 0.15) is 36.4 Å². The largest absolute Gasteiger partial charge is 0.445 e. The summed E-state index contributed by atoms with van der Waals surface area (Å²) in [5, 5.41) is 2.95. The third-order valence-corrected chi connectivity index (χ3v) is 6.69. The number of carbonyl (C=O) groups excluding carboxylic acids is 1. The number of nitrogens with one attached hydrogen (secondary N) is 1. The van der Waals surface area contributed by atoms with Crippen molar-refractivity contribution in [2.75, 3.05) is 19.6 Å². The minimum Gasteiger partial charge on any atom is -0.445 e. The van der Waals surface area contributed by atoms with Crippen LogP contribution in [-0.4, -0.2) is 36.7 Å². The second kappa shape index (κ2) is 7.61. The zero-order valence-electron chi connectivity index (χ0n) is 16.5. The number of aryl methyl sites for hydroxylation is 1. The summed E-state index contributed by atoms with van der Waals surface area (Å²) < 4.78 is 46.8. The average Bonchev–Trinajstić information content (AvgIpc) is 3.13. The van der Waals surface area contributed by atoms with Crippen LogP contribution in [0.3, 0.4) is 0 Å². The van der Waals surface area contributed by atoms with Crippen LogP contribution in [0.15, 0.2) is 30.3 Å². The highest BCUT2D eigenvalue weighted by molar-refractivity contribution is 5.70. The molecule has 1 unspecified atom stereocenters. The highest BCUT2D eigenvalue weighted by Crippen LogP contribution is 2.36. The lowest BCUT2D eigenvalue weighted by Gasteiger charge is -2.43. The van der Waals surface area contributed by atoms with Crippen molar-refractivity contribution in [1.82, 2.24) is 10.2 Å². The molecule has 2 aromatic rings. The Morgan fingerprint density at radius 1 is 1.00 bits per heavy atom. The number of carbonyl (C=O) groups is 1. The van der Waals surface area contributed by atoms with Gasteiger partial charge in [-0.15, -0.1) is 0 Å². The van der Waals surface area contributed by atoms with Gasteiger partial charge in [-0.1, -0.05) is 12.1 Å². The lowest BCUT2D eigenvalue weighted by Crippen LogP contribution is -2.52. The van der Waals surface area contributed by atoms with E-state index in [1.807, 2.05) is 6.07 Å². The van der Waals surface area contributed by atoms with Crippen molar-refractivity contribution in [3.05, 3.63) is 58.9 Å². The van der Waals surface area contributed by atoms with E-state index >= 15 is 0 Å². The second-order valence-electron chi connectivity index (χ2n) is 8.48. The van der Waals surface area contributed by atoms with E-state index in [-0.39, 0.29) is 17.7 Å². The highest BCUT2D eigenvalue weighted by Gasteiger charge is 2.37. The molecule has 3 heterocycles. The summed E-state index contributed by atoms with van der Waals surface area (Å²) in [4.78, 5) is 14.9. The standard InChI is InChI=1S/C23H23F3N2O2/c24-18-11-20(26)19(25)10-16(18)15-2-1-13-3-4-21(17(13)9-15)27-23(29)30-22-12-28-7-5-14(22)6-8-28/h1-2,9-11,14,21-22H,3-8,12H2,(H,27,29)/t21?,22-/m1/s1. The van der Waals surface area contributed by atoms with E-state index in [2.05, 4.69) is 10.2 Å². The van der Waals surface area contributed by atoms with Crippen LogP contribution < -0.4 is 5.32 Å². The van der Waals surface area contributed by atoms with E-state index in [0.29, 0.717) is 24.0 Å². The normalized spacial score (nSPS) is 27.0. The van der Waals surface area contributed by atoms with Crippen molar-refractivity contribution in [1.29, 1.82) is 0 Å². The van der Waals surface area contributed by atoms with E-state index in [4.69, 9.17) is 4.74 Å². The predicted octanol–water partition coefficient (Wildman–Crippen LogP) is 4.58. The van der Waals surface area contributed by atoms with Crippen LogP contribution >= 0.6 is 0 Å². The predicted molar refractivity (Wildman–Crippen MR) is 105 cm³/mol. The van der Waals surface area contributed by atoms with Crippen molar-refractivity contribution >= 4 is 6.09 Å². The molecule has 1 aliphatic carbocycles. The van der Waals surface area contributed by atoms with Crippen LogP contribution in [-0.2, 0) is 11.2 Å². The number of amides is 1. The number of hydrogen-bond donors (Lipinski definition) is 1. The van der Waals surface area contributed by atoms with Gasteiger partial charge in [0.1, 0.15) is 11.9 Å². The van der Waals surface area contributed by atoms with Gasteiger partial charge in [0.25, 0.3) is 0 Å². The molecule has 3 saturated heterocycles. The van der Waals surface area contributed by atoms with Gasteiger partial charge < -0.3 is 10.1 Å². The first-order valence-electron chi connectivity index (χ1n) is 10.4. The maximum Gasteiger partial charge on any atom is 0.407 e. The Kier molecular flexibility index (Phi) is 4.93. The quantitative estimate of drug-likeness (QED) is 0.745. The number of ether oxygens (including phenoxy) is 1. The molecule has 4 nitrogen and oxygen atoms in total. The van der Waals surface area contributed by atoms with Crippen molar-refractivity contribution < 1.29 is 22.7 Å². The van der Waals surface area contributed by atoms with Crippen LogP contribution in [0.2, 0.25) is 0 Å². The Labute approximate surface area is 173 Å². The van der Waals surface area contributed by atoms with E-state index in [1.54, 1.807) is 12.1 Å². The first kappa shape index (κ1) is 19.4. The lowest BCUT2D eigenvalue weighted by molar-refractivity contribution is -0.0339. The van der Waals surface area contributed by atoms with E-state index < -0.39 is 23.5 Å². The molecule has 4 aliphatic rings. The zero-order chi connectivity index (χ0) is 20.8. The summed E-state index contributed by atoms with van der Waals surface area (Å²) >= 11 is 0. The topological polar surface area (TPSA) is 41.6 Å². The number of piperidine rings is 3. The van der Waals surface area contributed by atoms with Crippen LogP contribution in [0.5, 0.6) is 0 Å². The molecule has 1 amide bonds. The number of halogens is 3. The molecule has 3 fully saturated rings. The Hall–Kier alpha value is -2.54. The van der Waals surface area contributed by atoms with Gasteiger partial charge in [0.15, 0.2) is 11.6 Å². The summed E-state index contributed by atoms with van der Waals surface area (Å²) in [5.41, 5.74) is 2.36. The van der Waals surface area contributed by atoms with Gasteiger partial charge in [-0.3, -0.25) is 4.90 Å². The van der Waals surface area contributed by atoms with Crippen LogP contribution in [0.4, 0.5) is 18.0 Å². The molecule has 3 aliphatic heterocycles. The molecule has 2 aromatic carbocycles. The van der Waals surface area contributed by atoms with Crippen LogP contribution in [0.25, 0.3) is 11.1 Å². The summed E-state index contributed by atoms with van der Waals surface area (Å²) in [7, 11) is 0. The number of rotatable bonds is 3. The number of benzene rings is 2. The number of nitrogens with zero attached hydrogens (tertiary/aromatic N) is 1. The third-order valence-electron chi connectivity index (χ3n) is 6.69. The van der Waals surface area contributed by atoms with Crippen molar-refractivity contribution in [3.63, 3.8) is 0 Å². The molecule has 6 rings (SSSR count). The minimum atomic E-state index is -1.22. The Morgan fingerprint density at radius 2 is 1.77 bits per heavy atom. The summed E-state index contributed by atoms with van der Waals surface area (Å²) in [5.74, 6) is -2.70. The summed E-state index contributed by atoms with van der Waals surface area (Å²) in [6.07, 6.45) is 3.11. The van der Waals surface area contributed by atoms with Crippen molar-refractivity contribution in [2.45, 2.75) is 37.8 Å². The Bertz CT molecular complexity index is 989. The highest BCUT2D eigenvalue weighted by atomic mass is 19.2. The fourth-order valence-electron chi connectivity index (χ4n) is 5.02. The SMILES string of the molecule is O=C(NC1CCc2ccc(-c3cc(F)c(F)cc3F)cc21)O[C@@H]1CN2CCC1CC2. The fraction of sp³-hybridized carbons (Fsp3) is 0.435. The van der Waals surface area contributed by atoms with E-state index in [0.717, 1.165) is 56.1 Å². The number of fused-ring (bicyclic) bond motifs is 4. The molecule has 0 saturated carbocycles. The smallest absolute Gasteiger partial charge is 0.407 e. The fourth-order valence-corrected chi connectivity index (χ4v) is 5.02. The average molecular weight is 416 g/mol. The van der Waals surface area contributed by atoms with Gasteiger partial charge >= 0.3 is 6.09 Å². The van der Waals surface area contributed by atoms with Gasteiger partial charge in [0, 0.05) is 18.2 Å². The van der Waals surface area contributed by atoms with Crippen LogP contribution in [0, 0.1) is 23.4 Å². The lowest BCUT2D eigenvalue weighted by atomic mass is 9.86. The van der Waals surface area contributed by atoms with Gasteiger partial charge in [0.2, 0.25) is 0 Å². The minimum absolute atomic E-state index is 0.00259. The Morgan fingerprint density at radius 3 is 2.50 bits per heavy atom. The molecule has 0 spiro atoms. The first-order chi connectivity index (χ1) is 14.5. The molecule has 2 bridgehead atoms. The molecule has 0 aromatic heterocycles. The summed E-state index contributed by atoms with van der Waals surface area (Å²) in [6.45, 7) is 2.94. The molecule has 30 heavy (non-hydrogen) atoms. The van der Waals surface area contributed by atoms with Gasteiger partial charge in [-0.25, -0.2) is 18.0 Å². The third kappa shape index (κ3) is 3.55. The monoisotopic (exact) mass is 416 g/mol. The van der Waals surface area contributed by atoms with Gasteiger partial charge in [-0.05, 0) is 73.5 Å². The van der Waals surface area contributed by atoms with E-state index in [1.165, 1.54) is 0 Å². The van der Waals surface area contributed by atoms with Crippen molar-refractivity contribution in [3.8, 4) is 11.1 Å². The van der Waals surface area contributed by atoms with Gasteiger partial charge in [-0.2, -0.15) is 0 Å². The molecule has 1 N–H and O–H groups in total. The molecule has 2 atom stereocenters. The maximum absolute atomic E-state index is 14.2. The van der Waals surface area contributed by atoms with Gasteiger partial charge in [0.05, 0.1) is 6.04 Å². The molecular formula is C23H23F3N2O2.